The van der Waals surface area contributed by atoms with Crippen molar-refractivity contribution in [3.05, 3.63) is 95.0 Å². The minimum atomic E-state index is -3.56. The van der Waals surface area contributed by atoms with Crippen molar-refractivity contribution in [3.8, 4) is 0 Å². The third-order valence-corrected chi connectivity index (χ3v) is 6.95. The first-order chi connectivity index (χ1) is 14.8. The summed E-state index contributed by atoms with van der Waals surface area (Å²) in [6.45, 7) is 1.95. The van der Waals surface area contributed by atoms with Crippen molar-refractivity contribution >= 4 is 38.9 Å². The van der Waals surface area contributed by atoms with Gasteiger partial charge in [0.2, 0.25) is 10.0 Å². The van der Waals surface area contributed by atoms with Crippen LogP contribution in [0.5, 0.6) is 0 Å². The number of amides is 1. The van der Waals surface area contributed by atoms with Crippen LogP contribution in [0.2, 0.25) is 5.02 Å². The number of rotatable bonds is 4. The minimum Gasteiger partial charge on any atom is -0.305 e. The number of anilines is 2. The molecule has 0 saturated heterocycles. The van der Waals surface area contributed by atoms with Crippen LogP contribution in [0.3, 0.4) is 0 Å². The highest BCUT2D eigenvalue weighted by Gasteiger charge is 2.39. The Kier molecular flexibility index (Phi) is 5.77. The van der Waals surface area contributed by atoms with Crippen LogP contribution in [0.25, 0.3) is 0 Å². The monoisotopic (exact) mass is 454 g/mol. The largest absolute Gasteiger partial charge is 0.305 e. The van der Waals surface area contributed by atoms with Crippen LogP contribution < -0.4 is 9.21 Å². The number of hydrogen-bond donors (Lipinski definition) is 0. The van der Waals surface area contributed by atoms with Crippen LogP contribution >= 0.6 is 11.6 Å². The smallest absolute Gasteiger partial charge is 0.258 e. The normalized spacial score (nSPS) is 18.4. The van der Waals surface area contributed by atoms with Crippen molar-refractivity contribution in [2.45, 2.75) is 25.4 Å². The number of hydrogen-bond acceptors (Lipinski definition) is 3. The summed E-state index contributed by atoms with van der Waals surface area (Å²) in [6.07, 6.45) is 1.69. The first-order valence-electron chi connectivity index (χ1n) is 10.00. The molecular formula is C24H23ClN2O3S. The zero-order chi connectivity index (χ0) is 22.2. The summed E-state index contributed by atoms with van der Waals surface area (Å²) in [5.74, 6) is -0.138. The van der Waals surface area contributed by atoms with Crippen molar-refractivity contribution in [2.24, 2.45) is 0 Å². The molecule has 31 heavy (non-hydrogen) atoms. The van der Waals surface area contributed by atoms with E-state index < -0.39 is 16.1 Å². The number of halogens is 1. The Bertz CT molecular complexity index is 1200. The molecule has 7 heteroatoms. The zero-order valence-corrected chi connectivity index (χ0v) is 18.8. The average Bonchev–Trinajstić information content (AvgIpc) is 2.74. The van der Waals surface area contributed by atoms with Gasteiger partial charge in [-0.25, -0.2) is 8.42 Å². The fourth-order valence-electron chi connectivity index (χ4n) is 4.22. The molecule has 160 valence electrons. The number of carbonyl (C=O) groups is 1. The van der Waals surface area contributed by atoms with Gasteiger partial charge in [-0.05, 0) is 61.4 Å². The lowest BCUT2D eigenvalue weighted by molar-refractivity contribution is 0.0974. The zero-order valence-electron chi connectivity index (χ0n) is 17.3. The maximum Gasteiger partial charge on any atom is 0.258 e. The summed E-state index contributed by atoms with van der Waals surface area (Å²) in [4.78, 5) is 15.1. The molecule has 1 aliphatic heterocycles. The summed E-state index contributed by atoms with van der Waals surface area (Å²) in [7, 11) is -3.56. The molecule has 0 bridgehead atoms. The van der Waals surface area contributed by atoms with E-state index in [1.165, 1.54) is 10.6 Å². The number of nitrogens with zero attached hydrogens (tertiary/aromatic N) is 2. The highest BCUT2D eigenvalue weighted by Crippen LogP contribution is 2.43. The van der Waals surface area contributed by atoms with Gasteiger partial charge in [0.25, 0.3) is 5.91 Å². The van der Waals surface area contributed by atoms with Gasteiger partial charge in [0.15, 0.2) is 0 Å². The summed E-state index contributed by atoms with van der Waals surface area (Å²) in [5, 5.41) is 0.565. The van der Waals surface area contributed by atoms with E-state index >= 15 is 0 Å². The number of benzene rings is 3. The van der Waals surface area contributed by atoms with E-state index in [-0.39, 0.29) is 11.9 Å². The molecule has 0 aliphatic carbocycles. The quantitative estimate of drug-likeness (QED) is 0.538. The first-order valence-corrected chi connectivity index (χ1v) is 12.2. The van der Waals surface area contributed by atoms with E-state index in [0.717, 1.165) is 11.3 Å². The van der Waals surface area contributed by atoms with Crippen LogP contribution in [0, 0.1) is 0 Å². The van der Waals surface area contributed by atoms with Crippen LogP contribution in [-0.4, -0.2) is 26.6 Å². The van der Waals surface area contributed by atoms with E-state index in [2.05, 4.69) is 0 Å². The van der Waals surface area contributed by atoms with Crippen LogP contribution in [0.15, 0.2) is 78.9 Å². The van der Waals surface area contributed by atoms with Gasteiger partial charge in [0, 0.05) is 22.3 Å². The number of sulfonamides is 1. The molecule has 0 fully saturated rings. The molecular weight excluding hydrogens is 432 g/mol. The summed E-state index contributed by atoms with van der Waals surface area (Å²) in [5.41, 5.74) is 2.66. The van der Waals surface area contributed by atoms with Crippen molar-refractivity contribution < 1.29 is 13.2 Å². The molecule has 0 unspecified atom stereocenters. The second kappa shape index (κ2) is 8.36. The molecule has 1 aliphatic rings. The Hall–Kier alpha value is -2.83. The van der Waals surface area contributed by atoms with Gasteiger partial charge in [-0.1, -0.05) is 48.0 Å². The molecule has 3 aromatic rings. The number of carbonyl (C=O) groups excluding carboxylic acids is 1. The molecule has 0 saturated carbocycles. The van der Waals surface area contributed by atoms with Crippen molar-refractivity contribution in [1.82, 2.24) is 0 Å². The molecule has 0 radical (unpaired) electrons. The third-order valence-electron chi connectivity index (χ3n) is 5.52. The summed E-state index contributed by atoms with van der Waals surface area (Å²) >= 11 is 5.98. The predicted octanol–water partition coefficient (Wildman–Crippen LogP) is 5.29. The topological polar surface area (TPSA) is 57.7 Å². The second-order valence-corrected chi connectivity index (χ2v) is 10.0. The Morgan fingerprint density at radius 1 is 0.968 bits per heavy atom. The van der Waals surface area contributed by atoms with Gasteiger partial charge < -0.3 is 4.90 Å². The van der Waals surface area contributed by atoms with Gasteiger partial charge in [-0.15, -0.1) is 0 Å². The minimum absolute atomic E-state index is 0.138. The van der Waals surface area contributed by atoms with Gasteiger partial charge in [0.1, 0.15) is 0 Å². The highest BCUT2D eigenvalue weighted by molar-refractivity contribution is 7.92. The van der Waals surface area contributed by atoms with Crippen LogP contribution in [-0.2, 0) is 10.0 Å². The SMILES string of the molecule is C[C@@H]1C[C@H](N(c2ccccc2)S(C)(=O)=O)c2ccccc2N1C(=O)c1ccc(Cl)cc1. The molecule has 1 heterocycles. The van der Waals surface area contributed by atoms with Gasteiger partial charge in [0.05, 0.1) is 18.0 Å². The average molecular weight is 455 g/mol. The maximum absolute atomic E-state index is 13.4. The maximum atomic E-state index is 13.4. The summed E-state index contributed by atoms with van der Waals surface area (Å²) < 4.78 is 27.2. The lowest BCUT2D eigenvalue weighted by Gasteiger charge is -2.43. The molecule has 1 amide bonds. The number of fused-ring (bicyclic) bond motifs is 1. The third kappa shape index (κ3) is 4.18. The molecule has 0 aromatic heterocycles. The van der Waals surface area contributed by atoms with E-state index in [1.54, 1.807) is 41.3 Å². The second-order valence-electron chi connectivity index (χ2n) is 7.74. The molecule has 0 spiro atoms. The lowest BCUT2D eigenvalue weighted by atomic mass is 9.90. The number of para-hydroxylation sites is 2. The van der Waals surface area contributed by atoms with Crippen molar-refractivity contribution in [2.75, 3.05) is 15.5 Å². The van der Waals surface area contributed by atoms with Crippen LogP contribution in [0.1, 0.15) is 35.3 Å². The fraction of sp³-hybridized carbons (Fsp3) is 0.208. The van der Waals surface area contributed by atoms with E-state index in [4.69, 9.17) is 11.6 Å². The van der Waals surface area contributed by atoms with Crippen LogP contribution in [0.4, 0.5) is 11.4 Å². The van der Waals surface area contributed by atoms with Gasteiger partial charge in [-0.2, -0.15) is 0 Å². The first kappa shape index (κ1) is 21.4. The molecule has 0 N–H and O–H groups in total. The van der Waals surface area contributed by atoms with E-state index in [0.29, 0.717) is 22.7 Å². The molecule has 4 rings (SSSR count). The Balaban J connectivity index is 1.81. The van der Waals surface area contributed by atoms with Gasteiger partial charge >= 0.3 is 0 Å². The van der Waals surface area contributed by atoms with Crippen molar-refractivity contribution in [3.63, 3.8) is 0 Å². The standard InChI is InChI=1S/C24H23ClN2O3S/c1-17-16-23(27(31(2,29)30)20-8-4-3-5-9-20)21-10-6-7-11-22(21)26(17)24(28)18-12-14-19(25)15-13-18/h3-15,17,23H,16H2,1-2H3/t17-,23+/m1/s1. The Morgan fingerprint density at radius 2 is 1.58 bits per heavy atom. The lowest BCUT2D eigenvalue weighted by Crippen LogP contribution is -2.47. The predicted molar refractivity (Wildman–Crippen MR) is 125 cm³/mol. The molecule has 3 aromatic carbocycles. The van der Waals surface area contributed by atoms with E-state index in [9.17, 15) is 13.2 Å². The Morgan fingerprint density at radius 3 is 2.23 bits per heavy atom. The Labute approximate surface area is 187 Å². The highest BCUT2D eigenvalue weighted by atomic mass is 35.5. The van der Waals surface area contributed by atoms with Gasteiger partial charge in [-0.3, -0.25) is 9.10 Å². The fourth-order valence-corrected chi connectivity index (χ4v) is 5.51. The molecule has 5 nitrogen and oxygen atoms in total. The summed E-state index contributed by atoms with van der Waals surface area (Å²) in [6, 6.07) is 22.8. The molecule has 2 atom stereocenters. The van der Waals surface area contributed by atoms with Crippen molar-refractivity contribution in [1.29, 1.82) is 0 Å². The van der Waals surface area contributed by atoms with E-state index in [1.807, 2.05) is 49.4 Å².